The zero-order valence-corrected chi connectivity index (χ0v) is 13.4. The smallest absolute Gasteiger partial charge is 0.338 e. The maximum atomic E-state index is 12.2. The van der Waals surface area contributed by atoms with E-state index in [0.717, 1.165) is 25.7 Å². The van der Waals surface area contributed by atoms with Crippen molar-refractivity contribution in [3.63, 3.8) is 0 Å². The average molecular weight is 304 g/mol. The Morgan fingerprint density at radius 3 is 1.77 bits per heavy atom. The van der Waals surface area contributed by atoms with Crippen molar-refractivity contribution < 1.29 is 14.6 Å². The van der Waals surface area contributed by atoms with Gasteiger partial charge in [0.1, 0.15) is 11.9 Å². The van der Waals surface area contributed by atoms with Crippen LogP contribution in [-0.2, 0) is 4.74 Å². The predicted molar refractivity (Wildman–Crippen MR) is 88.1 cm³/mol. The second-order valence-electron chi connectivity index (χ2n) is 6.33. The maximum Gasteiger partial charge on any atom is 0.338 e. The molecule has 0 saturated heterocycles. The van der Waals surface area contributed by atoms with Crippen LogP contribution in [0.4, 0.5) is 0 Å². The molecule has 0 aromatic heterocycles. The SMILES string of the molecule is O=C(OC1CCCCCCCCCCC1)c1ccc(O)cc1. The molecule has 0 spiro atoms. The van der Waals surface area contributed by atoms with Crippen LogP contribution in [0.15, 0.2) is 24.3 Å². The first-order valence-corrected chi connectivity index (χ1v) is 8.76. The fourth-order valence-electron chi connectivity index (χ4n) is 3.06. The Hall–Kier alpha value is -1.51. The largest absolute Gasteiger partial charge is 0.508 e. The topological polar surface area (TPSA) is 46.5 Å². The van der Waals surface area contributed by atoms with Crippen LogP contribution in [0.25, 0.3) is 0 Å². The molecular formula is C19H28O3. The molecule has 1 aliphatic rings. The zero-order valence-electron chi connectivity index (χ0n) is 13.4. The van der Waals surface area contributed by atoms with E-state index >= 15 is 0 Å². The quantitative estimate of drug-likeness (QED) is 0.762. The highest BCUT2D eigenvalue weighted by atomic mass is 16.5. The average Bonchev–Trinajstić information content (AvgIpc) is 2.50. The molecule has 3 nitrogen and oxygen atoms in total. The van der Waals surface area contributed by atoms with Crippen LogP contribution in [0, 0.1) is 0 Å². The van der Waals surface area contributed by atoms with E-state index in [4.69, 9.17) is 4.74 Å². The van der Waals surface area contributed by atoms with Gasteiger partial charge in [-0.15, -0.1) is 0 Å². The molecule has 1 aliphatic carbocycles. The van der Waals surface area contributed by atoms with Crippen LogP contribution in [0.1, 0.15) is 81.0 Å². The van der Waals surface area contributed by atoms with E-state index < -0.39 is 0 Å². The molecule has 0 amide bonds. The van der Waals surface area contributed by atoms with E-state index in [1.807, 2.05) is 0 Å². The Labute approximate surface area is 133 Å². The fraction of sp³-hybridized carbons (Fsp3) is 0.632. The van der Waals surface area contributed by atoms with Gasteiger partial charge in [0, 0.05) is 0 Å². The summed E-state index contributed by atoms with van der Waals surface area (Å²) in [6.07, 6.45) is 13.4. The van der Waals surface area contributed by atoms with Gasteiger partial charge in [-0.2, -0.15) is 0 Å². The minimum Gasteiger partial charge on any atom is -0.508 e. The molecule has 0 aliphatic heterocycles. The summed E-state index contributed by atoms with van der Waals surface area (Å²) in [5.74, 6) is -0.0975. The molecule has 3 heteroatoms. The highest BCUT2D eigenvalue weighted by Crippen LogP contribution is 2.20. The molecule has 2 rings (SSSR count). The van der Waals surface area contributed by atoms with Crippen molar-refractivity contribution in [3.8, 4) is 5.75 Å². The van der Waals surface area contributed by atoms with Crippen LogP contribution in [0.5, 0.6) is 5.75 Å². The summed E-state index contributed by atoms with van der Waals surface area (Å²) in [4.78, 5) is 12.2. The monoisotopic (exact) mass is 304 g/mol. The van der Waals surface area contributed by atoms with Crippen molar-refractivity contribution >= 4 is 5.97 Å². The first-order chi connectivity index (χ1) is 10.8. The van der Waals surface area contributed by atoms with Crippen LogP contribution < -0.4 is 0 Å². The Morgan fingerprint density at radius 2 is 1.27 bits per heavy atom. The first-order valence-electron chi connectivity index (χ1n) is 8.76. The van der Waals surface area contributed by atoms with Crippen LogP contribution in [0.2, 0.25) is 0 Å². The zero-order chi connectivity index (χ0) is 15.6. The van der Waals surface area contributed by atoms with Gasteiger partial charge in [-0.25, -0.2) is 4.79 Å². The lowest BCUT2D eigenvalue weighted by molar-refractivity contribution is 0.0248. The van der Waals surface area contributed by atoms with Crippen molar-refractivity contribution in [1.82, 2.24) is 0 Å². The van der Waals surface area contributed by atoms with Gasteiger partial charge < -0.3 is 9.84 Å². The Morgan fingerprint density at radius 1 is 0.818 bits per heavy atom. The summed E-state index contributed by atoms with van der Waals surface area (Å²) in [7, 11) is 0. The number of carbonyl (C=O) groups excluding carboxylic acids is 1. The summed E-state index contributed by atoms with van der Waals surface area (Å²) < 4.78 is 5.70. The molecule has 0 unspecified atom stereocenters. The van der Waals surface area contributed by atoms with Crippen molar-refractivity contribution in [2.75, 3.05) is 0 Å². The van der Waals surface area contributed by atoms with Gasteiger partial charge in [0.15, 0.2) is 0 Å². The molecule has 122 valence electrons. The first kappa shape index (κ1) is 16.9. The third-order valence-electron chi connectivity index (χ3n) is 4.43. The molecule has 1 saturated carbocycles. The lowest BCUT2D eigenvalue weighted by Crippen LogP contribution is -2.18. The second-order valence-corrected chi connectivity index (χ2v) is 6.33. The summed E-state index contributed by atoms with van der Waals surface area (Å²) >= 11 is 0. The minimum absolute atomic E-state index is 0.0423. The fourth-order valence-corrected chi connectivity index (χ4v) is 3.06. The van der Waals surface area contributed by atoms with Gasteiger partial charge in [-0.1, -0.05) is 44.9 Å². The van der Waals surface area contributed by atoms with E-state index in [-0.39, 0.29) is 17.8 Å². The van der Waals surface area contributed by atoms with E-state index in [1.165, 1.54) is 57.1 Å². The summed E-state index contributed by atoms with van der Waals surface area (Å²) in [6, 6.07) is 6.29. The molecule has 1 fully saturated rings. The third kappa shape index (κ3) is 6.08. The lowest BCUT2D eigenvalue weighted by Gasteiger charge is -2.18. The van der Waals surface area contributed by atoms with Crippen LogP contribution in [-0.4, -0.2) is 17.2 Å². The number of ether oxygens (including phenoxy) is 1. The summed E-state index contributed by atoms with van der Waals surface area (Å²) in [5.41, 5.74) is 0.518. The molecule has 0 atom stereocenters. The third-order valence-corrected chi connectivity index (χ3v) is 4.43. The molecule has 0 radical (unpaired) electrons. The number of esters is 1. The number of rotatable bonds is 2. The molecule has 1 aromatic rings. The Kier molecular flexibility index (Phi) is 7.27. The lowest BCUT2D eigenvalue weighted by atomic mass is 9.99. The number of carbonyl (C=O) groups is 1. The molecule has 0 bridgehead atoms. The highest BCUT2D eigenvalue weighted by Gasteiger charge is 2.16. The second kappa shape index (κ2) is 9.50. The van der Waals surface area contributed by atoms with E-state index in [0.29, 0.717) is 5.56 Å². The molecule has 1 N–H and O–H groups in total. The minimum atomic E-state index is -0.267. The van der Waals surface area contributed by atoms with Crippen LogP contribution >= 0.6 is 0 Å². The normalized spacial score (nSPS) is 18.9. The number of hydrogen-bond donors (Lipinski definition) is 1. The van der Waals surface area contributed by atoms with E-state index in [2.05, 4.69) is 0 Å². The van der Waals surface area contributed by atoms with Crippen molar-refractivity contribution in [2.45, 2.75) is 76.7 Å². The summed E-state index contributed by atoms with van der Waals surface area (Å²) in [6.45, 7) is 0. The molecule has 1 aromatic carbocycles. The molecule has 0 heterocycles. The van der Waals surface area contributed by atoms with Crippen molar-refractivity contribution in [2.24, 2.45) is 0 Å². The van der Waals surface area contributed by atoms with Gasteiger partial charge in [0.05, 0.1) is 5.56 Å². The highest BCUT2D eigenvalue weighted by molar-refractivity contribution is 5.89. The number of benzene rings is 1. The van der Waals surface area contributed by atoms with E-state index in [9.17, 15) is 9.90 Å². The number of phenols is 1. The molecule has 22 heavy (non-hydrogen) atoms. The maximum absolute atomic E-state index is 12.2. The van der Waals surface area contributed by atoms with Crippen LogP contribution in [0.3, 0.4) is 0 Å². The number of phenolic OH excluding ortho intramolecular Hbond substituents is 1. The Bertz CT molecular complexity index is 426. The Balaban J connectivity index is 1.86. The van der Waals surface area contributed by atoms with Gasteiger partial charge in [0.25, 0.3) is 0 Å². The summed E-state index contributed by atoms with van der Waals surface area (Å²) in [5, 5.41) is 9.28. The number of aromatic hydroxyl groups is 1. The van der Waals surface area contributed by atoms with Gasteiger partial charge in [0.2, 0.25) is 0 Å². The molecular weight excluding hydrogens is 276 g/mol. The predicted octanol–water partition coefficient (Wildman–Crippen LogP) is 5.22. The van der Waals surface area contributed by atoms with Gasteiger partial charge >= 0.3 is 5.97 Å². The van der Waals surface area contributed by atoms with Gasteiger partial charge in [-0.05, 0) is 49.9 Å². The number of hydrogen-bond acceptors (Lipinski definition) is 3. The van der Waals surface area contributed by atoms with Gasteiger partial charge in [-0.3, -0.25) is 0 Å². The van der Waals surface area contributed by atoms with E-state index in [1.54, 1.807) is 12.1 Å². The van der Waals surface area contributed by atoms with Crippen molar-refractivity contribution in [3.05, 3.63) is 29.8 Å². The standard InChI is InChI=1S/C19H28O3/c20-17-14-12-16(13-15-17)19(21)22-18-10-8-6-4-2-1-3-5-7-9-11-18/h12-15,18,20H,1-11H2. The van der Waals surface area contributed by atoms with Crippen molar-refractivity contribution in [1.29, 1.82) is 0 Å².